The van der Waals surface area contributed by atoms with Crippen molar-refractivity contribution < 1.29 is 49.4 Å². The van der Waals surface area contributed by atoms with Gasteiger partial charge in [-0.15, -0.1) is 0 Å². The molecule has 72 valence electrons. The van der Waals surface area contributed by atoms with Crippen molar-refractivity contribution in [1.82, 2.24) is 0 Å². The van der Waals surface area contributed by atoms with Crippen LogP contribution in [-0.4, -0.2) is 17.0 Å². The van der Waals surface area contributed by atoms with Gasteiger partial charge in [0.1, 0.15) is 0 Å². The third-order valence-corrected chi connectivity index (χ3v) is 2.55. The van der Waals surface area contributed by atoms with E-state index in [0.717, 1.165) is 0 Å². The molecule has 0 spiro atoms. The number of carboxylic acids is 2. The Bertz CT molecular complexity index is 274. The zero-order valence-corrected chi connectivity index (χ0v) is 10.3. The molecule has 0 aromatic heterocycles. The van der Waals surface area contributed by atoms with E-state index in [1.54, 1.807) is 6.08 Å². The van der Waals surface area contributed by atoms with E-state index < -0.39 is 23.3 Å². The molecule has 1 aliphatic carbocycles. The molecule has 0 radical (unpaired) electrons. The van der Waals surface area contributed by atoms with E-state index in [2.05, 4.69) is 0 Å². The predicted octanol–water partition coefficient (Wildman–Crippen LogP) is -3.20. The van der Waals surface area contributed by atoms with Crippen molar-refractivity contribution in [3.63, 3.8) is 0 Å². The van der Waals surface area contributed by atoms with Gasteiger partial charge in [0.2, 0.25) is 0 Å². The minimum atomic E-state index is -1.36. The summed E-state index contributed by atoms with van der Waals surface area (Å²) in [4.78, 5) is 21.5. The number of carboxylic acid groups (broad SMARTS) is 2. The minimum absolute atomic E-state index is 0. The molecule has 4 nitrogen and oxygen atoms in total. The van der Waals surface area contributed by atoms with Gasteiger partial charge in [-0.1, -0.05) is 12.2 Å². The van der Waals surface area contributed by atoms with Crippen molar-refractivity contribution in [2.24, 2.45) is 11.3 Å². The van der Waals surface area contributed by atoms with Crippen molar-refractivity contribution >= 4 is 11.9 Å². The second-order valence-electron chi connectivity index (χ2n) is 3.44. The molecule has 0 aromatic rings. The molecular weight excluding hydrogens is 195 g/mol. The molecule has 0 fully saturated rings. The topological polar surface area (TPSA) is 77.4 Å². The summed E-state index contributed by atoms with van der Waals surface area (Å²) in [6.45, 7) is 1.39. The molecule has 5 heteroatoms. The Morgan fingerprint density at radius 3 is 2.50 bits per heavy atom. The molecule has 2 atom stereocenters. The van der Waals surface area contributed by atoms with Gasteiger partial charge in [-0.2, -0.15) is 0 Å². The fourth-order valence-electron chi connectivity index (χ4n) is 1.60. The van der Waals surface area contributed by atoms with E-state index in [1.165, 1.54) is 13.0 Å². The SMILES string of the molecule is CC1(C(=O)[O-])C=CCCC1C(=O)O.[Na+]. The van der Waals surface area contributed by atoms with Gasteiger partial charge in [-0.05, 0) is 19.8 Å². The first-order valence-corrected chi connectivity index (χ1v) is 4.10. The van der Waals surface area contributed by atoms with Crippen LogP contribution < -0.4 is 34.7 Å². The van der Waals surface area contributed by atoms with Gasteiger partial charge in [0.05, 0.1) is 11.9 Å². The Morgan fingerprint density at radius 2 is 2.14 bits per heavy atom. The second-order valence-corrected chi connectivity index (χ2v) is 3.44. The summed E-state index contributed by atoms with van der Waals surface area (Å²) in [6, 6.07) is 0. The van der Waals surface area contributed by atoms with Gasteiger partial charge in [-0.3, -0.25) is 4.79 Å². The summed E-state index contributed by atoms with van der Waals surface area (Å²) in [5.41, 5.74) is -1.36. The smallest absolute Gasteiger partial charge is 0.549 e. The Kier molecular flexibility index (Phi) is 4.84. The molecule has 0 saturated heterocycles. The zero-order valence-electron chi connectivity index (χ0n) is 8.32. The summed E-state index contributed by atoms with van der Waals surface area (Å²) in [5, 5.41) is 19.6. The van der Waals surface area contributed by atoms with Gasteiger partial charge in [0, 0.05) is 5.41 Å². The maximum Gasteiger partial charge on any atom is 1.00 e. The van der Waals surface area contributed by atoms with Crippen LogP contribution in [0.25, 0.3) is 0 Å². The first-order chi connectivity index (χ1) is 5.98. The third kappa shape index (κ3) is 2.38. The number of hydrogen-bond acceptors (Lipinski definition) is 3. The molecular formula is C9H11NaO4. The normalized spacial score (nSPS) is 30.5. The summed E-state index contributed by atoms with van der Waals surface area (Å²) < 4.78 is 0. The van der Waals surface area contributed by atoms with E-state index >= 15 is 0 Å². The fraction of sp³-hybridized carbons (Fsp3) is 0.556. The van der Waals surface area contributed by atoms with Crippen LogP contribution in [0.5, 0.6) is 0 Å². The van der Waals surface area contributed by atoms with E-state index in [-0.39, 0.29) is 29.6 Å². The molecule has 2 unspecified atom stereocenters. The van der Waals surface area contributed by atoms with Crippen LogP contribution in [0.2, 0.25) is 0 Å². The summed E-state index contributed by atoms with van der Waals surface area (Å²) in [7, 11) is 0. The van der Waals surface area contributed by atoms with Crippen molar-refractivity contribution in [1.29, 1.82) is 0 Å². The van der Waals surface area contributed by atoms with Gasteiger partial charge in [0.15, 0.2) is 0 Å². The van der Waals surface area contributed by atoms with Crippen LogP contribution in [-0.2, 0) is 9.59 Å². The molecule has 0 amide bonds. The molecule has 1 N–H and O–H groups in total. The monoisotopic (exact) mass is 206 g/mol. The first kappa shape index (κ1) is 13.7. The predicted molar refractivity (Wildman–Crippen MR) is 42.6 cm³/mol. The van der Waals surface area contributed by atoms with E-state index in [1.807, 2.05) is 0 Å². The molecule has 0 aromatic carbocycles. The maximum absolute atomic E-state index is 10.8. The van der Waals surface area contributed by atoms with Crippen LogP contribution in [0.15, 0.2) is 12.2 Å². The molecule has 1 aliphatic rings. The third-order valence-electron chi connectivity index (χ3n) is 2.55. The van der Waals surface area contributed by atoms with Gasteiger partial charge in [-0.25, -0.2) is 0 Å². The van der Waals surface area contributed by atoms with Gasteiger partial charge < -0.3 is 15.0 Å². The quantitative estimate of drug-likeness (QED) is 0.381. The summed E-state index contributed by atoms with van der Waals surface area (Å²) in [6.07, 6.45) is 4.08. The standard InChI is InChI=1S/C9H12O4.Na/c1-9(8(12)13)5-3-2-4-6(9)7(10)11;/h3,5-6H,2,4H2,1H3,(H,10,11)(H,12,13);/q;+1/p-1. The van der Waals surface area contributed by atoms with E-state index in [4.69, 9.17) is 5.11 Å². The molecule has 0 bridgehead atoms. The molecule has 0 aliphatic heterocycles. The van der Waals surface area contributed by atoms with E-state index in [0.29, 0.717) is 12.8 Å². The van der Waals surface area contributed by atoms with E-state index in [9.17, 15) is 14.7 Å². The number of carbonyl (C=O) groups excluding carboxylic acids is 1. The molecule has 14 heavy (non-hydrogen) atoms. The Morgan fingerprint density at radius 1 is 1.57 bits per heavy atom. The van der Waals surface area contributed by atoms with Gasteiger partial charge >= 0.3 is 35.5 Å². The average molecular weight is 206 g/mol. The Balaban J connectivity index is 0.00000169. The number of aliphatic carboxylic acids is 2. The summed E-state index contributed by atoms with van der Waals surface area (Å²) >= 11 is 0. The number of rotatable bonds is 2. The van der Waals surface area contributed by atoms with Crippen LogP contribution >= 0.6 is 0 Å². The van der Waals surface area contributed by atoms with Crippen LogP contribution in [0.1, 0.15) is 19.8 Å². The fourth-order valence-corrected chi connectivity index (χ4v) is 1.60. The average Bonchev–Trinajstić information content (AvgIpc) is 2.04. The number of carbonyl (C=O) groups is 2. The van der Waals surface area contributed by atoms with Crippen LogP contribution in [0, 0.1) is 11.3 Å². The van der Waals surface area contributed by atoms with Crippen molar-refractivity contribution in [3.05, 3.63) is 12.2 Å². The second kappa shape index (κ2) is 4.96. The zero-order chi connectivity index (χ0) is 10.1. The largest absolute Gasteiger partial charge is 1.00 e. The number of allylic oxidation sites excluding steroid dienone is 1. The Labute approximate surface area is 104 Å². The minimum Gasteiger partial charge on any atom is -0.549 e. The summed E-state index contributed by atoms with van der Waals surface area (Å²) in [5.74, 6) is -3.27. The number of hydrogen-bond donors (Lipinski definition) is 1. The first-order valence-electron chi connectivity index (χ1n) is 4.10. The molecule has 0 saturated carbocycles. The Hall–Kier alpha value is -0.320. The maximum atomic E-state index is 10.8. The van der Waals surface area contributed by atoms with Gasteiger partial charge in [0.25, 0.3) is 0 Å². The van der Waals surface area contributed by atoms with Crippen molar-refractivity contribution in [2.45, 2.75) is 19.8 Å². The van der Waals surface area contributed by atoms with Crippen molar-refractivity contribution in [2.75, 3.05) is 0 Å². The van der Waals surface area contributed by atoms with Crippen LogP contribution in [0.3, 0.4) is 0 Å². The molecule has 0 heterocycles. The van der Waals surface area contributed by atoms with Crippen LogP contribution in [0.4, 0.5) is 0 Å². The molecule has 1 rings (SSSR count). The van der Waals surface area contributed by atoms with Crippen molar-refractivity contribution in [3.8, 4) is 0 Å².